The Morgan fingerprint density at radius 3 is 1.80 bits per heavy atom. The standard InChI is InChI=1S/C21H15F9N4O/c1-18(2,3)34-16(20(25,26)27)11-7-10(17(35)21(28,29)30)12-8(13(11)32-34)5-6-9-14(12)31-33(4)15(9)19(22,23)24/h5-7H,1-4H3. The number of hydrogen-bond donors (Lipinski definition) is 0. The van der Waals surface area contributed by atoms with Gasteiger partial charge in [-0.2, -0.15) is 49.7 Å². The second-order valence-electron chi connectivity index (χ2n) is 8.93. The molecular formula is C21H15F9N4O. The van der Waals surface area contributed by atoms with E-state index in [-0.39, 0.29) is 5.39 Å². The van der Waals surface area contributed by atoms with Gasteiger partial charge in [0, 0.05) is 34.2 Å². The van der Waals surface area contributed by atoms with Crippen LogP contribution >= 0.6 is 0 Å². The number of rotatable bonds is 1. The van der Waals surface area contributed by atoms with E-state index in [1.807, 2.05) is 0 Å². The fourth-order valence-electron chi connectivity index (χ4n) is 4.14. The van der Waals surface area contributed by atoms with Crippen LogP contribution in [0.3, 0.4) is 0 Å². The van der Waals surface area contributed by atoms with Crippen molar-refractivity contribution in [2.24, 2.45) is 7.05 Å². The number of benzene rings is 2. The summed E-state index contributed by atoms with van der Waals surface area (Å²) in [4.78, 5) is 12.3. The van der Waals surface area contributed by atoms with Gasteiger partial charge in [0.2, 0.25) is 0 Å². The molecule has 2 heterocycles. The van der Waals surface area contributed by atoms with Crippen LogP contribution in [-0.4, -0.2) is 31.5 Å². The maximum atomic E-state index is 14.0. The first-order chi connectivity index (χ1) is 15.7. The van der Waals surface area contributed by atoms with Crippen molar-refractivity contribution >= 4 is 38.4 Å². The minimum Gasteiger partial charge on any atom is -0.284 e. The molecule has 0 saturated heterocycles. The number of alkyl halides is 9. The van der Waals surface area contributed by atoms with E-state index in [1.165, 1.54) is 20.8 Å². The molecule has 2 aromatic carbocycles. The van der Waals surface area contributed by atoms with Crippen LogP contribution in [0.25, 0.3) is 32.6 Å². The van der Waals surface area contributed by atoms with Crippen molar-refractivity contribution in [2.75, 3.05) is 0 Å². The lowest BCUT2D eigenvalue weighted by Gasteiger charge is -2.23. The maximum Gasteiger partial charge on any atom is 0.454 e. The molecule has 0 bridgehead atoms. The molecule has 0 atom stereocenters. The Bertz CT molecular complexity index is 1510. The van der Waals surface area contributed by atoms with E-state index in [4.69, 9.17) is 0 Å². The predicted octanol–water partition coefficient (Wildman–Crippen LogP) is 6.61. The van der Waals surface area contributed by atoms with Crippen LogP contribution in [-0.2, 0) is 24.9 Å². The topological polar surface area (TPSA) is 52.7 Å². The lowest BCUT2D eigenvalue weighted by atomic mass is 9.95. The number of Topliss-reactive ketones (excluding diaryl/α,β-unsaturated/α-hetero) is 1. The molecule has 0 fully saturated rings. The molecule has 0 aliphatic rings. The molecule has 0 N–H and O–H groups in total. The summed E-state index contributed by atoms with van der Waals surface area (Å²) in [5, 5.41) is 5.21. The number of aromatic nitrogens is 4. The summed E-state index contributed by atoms with van der Waals surface area (Å²) >= 11 is 0. The van der Waals surface area contributed by atoms with Gasteiger partial charge in [-0.15, -0.1) is 0 Å². The average molecular weight is 510 g/mol. The highest BCUT2D eigenvalue weighted by Gasteiger charge is 2.45. The summed E-state index contributed by atoms with van der Waals surface area (Å²) in [7, 11) is 0.911. The molecule has 0 unspecified atom stereocenters. The summed E-state index contributed by atoms with van der Waals surface area (Å²) < 4.78 is 124. The fourth-order valence-corrected chi connectivity index (χ4v) is 4.14. The first-order valence-electron chi connectivity index (χ1n) is 9.86. The van der Waals surface area contributed by atoms with Crippen molar-refractivity contribution in [2.45, 2.75) is 44.8 Å². The SMILES string of the molecule is Cn1nc2c(ccc3c4nn(C(C)(C)C)c(C(F)(F)F)c4cc(C(=O)C(F)(F)F)c32)c1C(F)(F)F. The first-order valence-corrected chi connectivity index (χ1v) is 9.86. The molecule has 0 spiro atoms. The zero-order valence-electron chi connectivity index (χ0n) is 18.3. The van der Waals surface area contributed by atoms with Gasteiger partial charge in [-0.25, -0.2) is 0 Å². The lowest BCUT2D eigenvalue weighted by Crippen LogP contribution is -2.28. The maximum absolute atomic E-state index is 14.0. The van der Waals surface area contributed by atoms with Gasteiger partial charge in [0.25, 0.3) is 5.78 Å². The van der Waals surface area contributed by atoms with E-state index in [1.54, 1.807) is 0 Å². The zero-order valence-corrected chi connectivity index (χ0v) is 18.3. The molecule has 0 aliphatic heterocycles. The van der Waals surface area contributed by atoms with Gasteiger partial charge in [-0.3, -0.25) is 14.2 Å². The van der Waals surface area contributed by atoms with Gasteiger partial charge in [0.05, 0.1) is 5.54 Å². The van der Waals surface area contributed by atoms with Crippen LogP contribution in [0.5, 0.6) is 0 Å². The Balaban J connectivity index is 2.32. The third-order valence-corrected chi connectivity index (χ3v) is 5.42. The van der Waals surface area contributed by atoms with Gasteiger partial charge >= 0.3 is 18.5 Å². The Morgan fingerprint density at radius 1 is 0.771 bits per heavy atom. The molecule has 35 heavy (non-hydrogen) atoms. The Morgan fingerprint density at radius 2 is 1.31 bits per heavy atom. The van der Waals surface area contributed by atoms with Crippen LogP contribution in [0, 0.1) is 0 Å². The molecule has 188 valence electrons. The highest BCUT2D eigenvalue weighted by Crippen LogP contribution is 2.44. The van der Waals surface area contributed by atoms with E-state index in [2.05, 4.69) is 10.2 Å². The van der Waals surface area contributed by atoms with E-state index in [9.17, 15) is 44.3 Å². The predicted molar refractivity (Wildman–Crippen MR) is 107 cm³/mol. The number of aryl methyl sites for hydroxylation is 1. The molecule has 0 aliphatic carbocycles. The number of nitrogens with zero attached hydrogens (tertiary/aromatic N) is 4. The van der Waals surface area contributed by atoms with E-state index in [0.29, 0.717) is 15.4 Å². The first kappa shape index (κ1) is 24.8. The van der Waals surface area contributed by atoms with Crippen molar-refractivity contribution in [3.63, 3.8) is 0 Å². The van der Waals surface area contributed by atoms with Crippen molar-refractivity contribution in [3.8, 4) is 0 Å². The van der Waals surface area contributed by atoms with Crippen molar-refractivity contribution in [3.05, 3.63) is 35.2 Å². The molecule has 0 saturated carbocycles. The zero-order chi connectivity index (χ0) is 26.5. The summed E-state index contributed by atoms with van der Waals surface area (Å²) in [6.07, 6.45) is -15.6. The van der Waals surface area contributed by atoms with E-state index in [0.717, 1.165) is 19.2 Å². The van der Waals surface area contributed by atoms with Crippen molar-refractivity contribution in [1.29, 1.82) is 0 Å². The minimum atomic E-state index is -5.52. The number of carbonyl (C=O) groups excluding carboxylic acids is 1. The second-order valence-corrected chi connectivity index (χ2v) is 8.93. The lowest BCUT2D eigenvalue weighted by molar-refractivity contribution is -0.145. The Hall–Kier alpha value is -3.32. The molecule has 0 amide bonds. The quantitative estimate of drug-likeness (QED) is 0.214. The van der Waals surface area contributed by atoms with Gasteiger partial charge < -0.3 is 0 Å². The van der Waals surface area contributed by atoms with Gasteiger partial charge in [-0.05, 0) is 32.9 Å². The number of halogens is 9. The largest absolute Gasteiger partial charge is 0.454 e. The summed E-state index contributed by atoms with van der Waals surface area (Å²) in [5.74, 6) is -2.52. The molecule has 4 rings (SSSR count). The Kier molecular flexibility index (Phi) is 5.03. The molecule has 5 nitrogen and oxygen atoms in total. The van der Waals surface area contributed by atoms with Crippen molar-refractivity contribution < 1.29 is 44.3 Å². The summed E-state index contributed by atoms with van der Waals surface area (Å²) in [6, 6.07) is 2.19. The normalized spacial score (nSPS) is 14.0. The van der Waals surface area contributed by atoms with Crippen LogP contribution < -0.4 is 0 Å². The van der Waals surface area contributed by atoms with Gasteiger partial charge in [-0.1, -0.05) is 6.07 Å². The molecule has 14 heteroatoms. The van der Waals surface area contributed by atoms with E-state index < -0.39 is 74.0 Å². The van der Waals surface area contributed by atoms with Gasteiger partial charge in [0.1, 0.15) is 16.7 Å². The average Bonchev–Trinajstić information content (AvgIpc) is 3.22. The molecule has 2 aromatic heterocycles. The minimum absolute atomic E-state index is 0.372. The fraction of sp³-hybridized carbons (Fsp3) is 0.381. The molecule has 0 radical (unpaired) electrons. The number of fused-ring (bicyclic) bond motifs is 5. The second kappa shape index (κ2) is 7.10. The van der Waals surface area contributed by atoms with Crippen LogP contribution in [0.2, 0.25) is 0 Å². The highest BCUT2D eigenvalue weighted by molar-refractivity contribution is 6.25. The van der Waals surface area contributed by atoms with Gasteiger partial charge in [0.15, 0.2) is 5.69 Å². The van der Waals surface area contributed by atoms with E-state index >= 15 is 0 Å². The van der Waals surface area contributed by atoms with Crippen LogP contribution in [0.1, 0.15) is 42.5 Å². The van der Waals surface area contributed by atoms with Crippen LogP contribution in [0.15, 0.2) is 18.2 Å². The number of hydrogen-bond acceptors (Lipinski definition) is 3. The monoisotopic (exact) mass is 510 g/mol. The third-order valence-electron chi connectivity index (χ3n) is 5.42. The highest BCUT2D eigenvalue weighted by atomic mass is 19.4. The van der Waals surface area contributed by atoms with Crippen molar-refractivity contribution in [1.82, 2.24) is 19.6 Å². The van der Waals surface area contributed by atoms with Crippen LogP contribution in [0.4, 0.5) is 39.5 Å². The molecular weight excluding hydrogens is 495 g/mol. The summed E-state index contributed by atoms with van der Waals surface area (Å²) in [6.45, 7) is 4.14. The molecule has 4 aromatic rings. The number of carbonyl (C=O) groups is 1. The summed E-state index contributed by atoms with van der Waals surface area (Å²) in [5.41, 5.74) is -6.28. The Labute approximate surface area is 190 Å². The smallest absolute Gasteiger partial charge is 0.284 e. The third kappa shape index (κ3) is 3.78. The number of ketones is 1.